The van der Waals surface area contributed by atoms with Crippen molar-refractivity contribution in [2.75, 3.05) is 6.61 Å². The second-order valence-electron chi connectivity index (χ2n) is 5.86. The summed E-state index contributed by atoms with van der Waals surface area (Å²) < 4.78 is 19.7. The lowest BCUT2D eigenvalue weighted by molar-refractivity contribution is -0.0200. The topological polar surface area (TPSA) is 52.3 Å². The smallest absolute Gasteiger partial charge is 0.251 e. The van der Waals surface area contributed by atoms with Crippen LogP contribution in [0.3, 0.4) is 0 Å². The maximum atomic E-state index is 13.8. The lowest BCUT2D eigenvalue weighted by Gasteiger charge is -2.29. The van der Waals surface area contributed by atoms with Crippen molar-refractivity contribution >= 4 is 5.91 Å². The monoisotopic (exact) mass is 293 g/mol. The van der Waals surface area contributed by atoms with Crippen molar-refractivity contribution in [1.29, 1.82) is 0 Å². The van der Waals surface area contributed by atoms with Crippen LogP contribution in [0.5, 0.6) is 0 Å². The first kappa shape index (κ1) is 16.0. The third-order valence-electron chi connectivity index (χ3n) is 4.22. The minimum Gasteiger partial charge on any atom is -0.373 e. The van der Waals surface area contributed by atoms with Crippen LogP contribution in [0, 0.1) is 11.7 Å². The Kier molecular flexibility index (Phi) is 5.74. The van der Waals surface area contributed by atoms with Gasteiger partial charge < -0.3 is 10.5 Å². The normalized spacial score (nSPS) is 22.2. The van der Waals surface area contributed by atoms with Crippen LogP contribution in [0.1, 0.15) is 67.5 Å². The summed E-state index contributed by atoms with van der Waals surface area (Å²) in [5.74, 6) is -0.671. The third kappa shape index (κ3) is 4.27. The van der Waals surface area contributed by atoms with Gasteiger partial charge in [-0.1, -0.05) is 32.3 Å². The van der Waals surface area contributed by atoms with E-state index in [1.165, 1.54) is 37.8 Å². The summed E-state index contributed by atoms with van der Waals surface area (Å²) in [4.78, 5) is 11.0. The van der Waals surface area contributed by atoms with Crippen LogP contribution in [0.25, 0.3) is 0 Å². The SMILES string of the molecule is CCCCCC1CCC(c2ccc(C(N)=O)c(F)c2)OC1. The number of unbranched alkanes of at least 4 members (excludes halogenated alkanes) is 2. The van der Waals surface area contributed by atoms with Crippen molar-refractivity contribution < 1.29 is 13.9 Å². The molecule has 0 bridgehead atoms. The predicted molar refractivity (Wildman–Crippen MR) is 80.5 cm³/mol. The molecule has 0 aliphatic carbocycles. The van der Waals surface area contributed by atoms with E-state index in [4.69, 9.17) is 10.5 Å². The molecule has 1 aliphatic rings. The minimum absolute atomic E-state index is 0.0630. The molecule has 3 nitrogen and oxygen atoms in total. The van der Waals surface area contributed by atoms with Gasteiger partial charge in [0.15, 0.2) is 0 Å². The second-order valence-corrected chi connectivity index (χ2v) is 5.86. The number of nitrogens with two attached hydrogens (primary N) is 1. The van der Waals surface area contributed by atoms with E-state index in [1.54, 1.807) is 6.07 Å². The van der Waals surface area contributed by atoms with E-state index in [9.17, 15) is 9.18 Å². The predicted octanol–water partition coefficient (Wildman–Crippen LogP) is 3.97. The van der Waals surface area contributed by atoms with Crippen molar-refractivity contribution in [2.45, 2.75) is 51.6 Å². The molecular weight excluding hydrogens is 269 g/mol. The molecule has 1 amide bonds. The van der Waals surface area contributed by atoms with Gasteiger partial charge in [-0.25, -0.2) is 4.39 Å². The van der Waals surface area contributed by atoms with E-state index in [2.05, 4.69) is 6.92 Å². The molecule has 1 aromatic carbocycles. The average molecular weight is 293 g/mol. The third-order valence-corrected chi connectivity index (χ3v) is 4.22. The first-order valence-corrected chi connectivity index (χ1v) is 7.82. The standard InChI is InChI=1S/C17H24FNO2/c1-2-3-4-5-12-6-9-16(21-11-12)13-7-8-14(17(19)20)15(18)10-13/h7-8,10,12,16H,2-6,9,11H2,1H3,(H2,19,20). The Labute approximate surface area is 125 Å². The number of hydrogen-bond donors (Lipinski definition) is 1. The molecule has 2 atom stereocenters. The molecule has 2 rings (SSSR count). The summed E-state index contributed by atoms with van der Waals surface area (Å²) >= 11 is 0. The van der Waals surface area contributed by atoms with Gasteiger partial charge in [-0.3, -0.25) is 4.79 Å². The molecule has 0 aromatic heterocycles. The molecule has 1 fully saturated rings. The number of hydrogen-bond acceptors (Lipinski definition) is 2. The maximum absolute atomic E-state index is 13.8. The van der Waals surface area contributed by atoms with Crippen LogP contribution in [0.2, 0.25) is 0 Å². The van der Waals surface area contributed by atoms with E-state index in [0.29, 0.717) is 5.92 Å². The first-order chi connectivity index (χ1) is 10.1. The zero-order valence-corrected chi connectivity index (χ0v) is 12.6. The zero-order valence-electron chi connectivity index (χ0n) is 12.6. The van der Waals surface area contributed by atoms with Crippen LogP contribution >= 0.6 is 0 Å². The molecule has 1 saturated heterocycles. The van der Waals surface area contributed by atoms with Gasteiger partial charge in [-0.05, 0) is 42.9 Å². The number of primary amides is 1. The Morgan fingerprint density at radius 2 is 2.19 bits per heavy atom. The number of carbonyl (C=O) groups is 1. The Bertz CT molecular complexity index is 482. The zero-order chi connectivity index (χ0) is 15.2. The lowest BCUT2D eigenvalue weighted by Crippen LogP contribution is -2.21. The van der Waals surface area contributed by atoms with E-state index < -0.39 is 11.7 Å². The molecule has 0 spiro atoms. The van der Waals surface area contributed by atoms with E-state index in [-0.39, 0.29) is 11.7 Å². The summed E-state index contributed by atoms with van der Waals surface area (Å²) in [6, 6.07) is 4.57. The Morgan fingerprint density at radius 3 is 2.76 bits per heavy atom. The van der Waals surface area contributed by atoms with Gasteiger partial charge >= 0.3 is 0 Å². The quantitative estimate of drug-likeness (QED) is 0.807. The molecule has 2 N–H and O–H groups in total. The molecule has 1 heterocycles. The average Bonchev–Trinajstić information content (AvgIpc) is 2.48. The fourth-order valence-electron chi connectivity index (χ4n) is 2.91. The van der Waals surface area contributed by atoms with Gasteiger partial charge in [-0.15, -0.1) is 0 Å². The highest BCUT2D eigenvalue weighted by Crippen LogP contribution is 2.33. The van der Waals surface area contributed by atoms with Crippen molar-refractivity contribution in [3.8, 4) is 0 Å². The van der Waals surface area contributed by atoms with Crippen LogP contribution in [0.15, 0.2) is 18.2 Å². The van der Waals surface area contributed by atoms with Gasteiger partial charge in [0.1, 0.15) is 5.82 Å². The second kappa shape index (κ2) is 7.55. The molecule has 1 aromatic rings. The summed E-state index contributed by atoms with van der Waals surface area (Å²) in [5.41, 5.74) is 5.84. The van der Waals surface area contributed by atoms with Crippen molar-refractivity contribution in [3.63, 3.8) is 0 Å². The number of carbonyl (C=O) groups excluding carboxylic acids is 1. The summed E-state index contributed by atoms with van der Waals surface area (Å²) in [7, 11) is 0. The van der Waals surface area contributed by atoms with Gasteiger partial charge in [0.2, 0.25) is 0 Å². The lowest BCUT2D eigenvalue weighted by atomic mass is 9.90. The molecule has 2 unspecified atom stereocenters. The van der Waals surface area contributed by atoms with Crippen molar-refractivity contribution in [3.05, 3.63) is 35.1 Å². The number of ether oxygens (including phenoxy) is 1. The van der Waals surface area contributed by atoms with Gasteiger partial charge in [0, 0.05) is 0 Å². The maximum Gasteiger partial charge on any atom is 0.251 e. The molecule has 4 heteroatoms. The largest absolute Gasteiger partial charge is 0.373 e. The summed E-state index contributed by atoms with van der Waals surface area (Å²) in [6.07, 6.45) is 6.96. The molecule has 0 radical (unpaired) electrons. The van der Waals surface area contributed by atoms with Gasteiger partial charge in [-0.2, -0.15) is 0 Å². The molecule has 116 valence electrons. The Balaban J connectivity index is 1.90. The van der Waals surface area contributed by atoms with Crippen LogP contribution in [0.4, 0.5) is 4.39 Å². The van der Waals surface area contributed by atoms with E-state index in [0.717, 1.165) is 25.0 Å². The Morgan fingerprint density at radius 1 is 1.38 bits per heavy atom. The van der Waals surface area contributed by atoms with Crippen molar-refractivity contribution in [1.82, 2.24) is 0 Å². The van der Waals surface area contributed by atoms with Crippen LogP contribution < -0.4 is 5.73 Å². The number of amides is 1. The molecule has 0 saturated carbocycles. The molecule has 1 aliphatic heterocycles. The van der Waals surface area contributed by atoms with Gasteiger partial charge in [0.25, 0.3) is 5.91 Å². The molecular formula is C17H24FNO2. The van der Waals surface area contributed by atoms with E-state index in [1.807, 2.05) is 0 Å². The highest BCUT2D eigenvalue weighted by atomic mass is 19.1. The van der Waals surface area contributed by atoms with Gasteiger partial charge in [0.05, 0.1) is 18.3 Å². The fraction of sp³-hybridized carbons (Fsp3) is 0.588. The summed E-state index contributed by atoms with van der Waals surface area (Å²) in [5, 5.41) is 0. The highest BCUT2D eigenvalue weighted by Gasteiger charge is 2.23. The number of halogens is 1. The summed E-state index contributed by atoms with van der Waals surface area (Å²) in [6.45, 7) is 2.95. The van der Waals surface area contributed by atoms with Crippen molar-refractivity contribution in [2.24, 2.45) is 11.7 Å². The van der Waals surface area contributed by atoms with Crippen LogP contribution in [-0.2, 0) is 4.74 Å². The highest BCUT2D eigenvalue weighted by molar-refractivity contribution is 5.93. The minimum atomic E-state index is -0.736. The Hall–Kier alpha value is -1.42. The van der Waals surface area contributed by atoms with Crippen LogP contribution in [-0.4, -0.2) is 12.5 Å². The first-order valence-electron chi connectivity index (χ1n) is 7.82. The number of benzene rings is 1. The van der Waals surface area contributed by atoms with E-state index >= 15 is 0 Å². The number of rotatable bonds is 6. The molecule has 21 heavy (non-hydrogen) atoms. The fourth-order valence-corrected chi connectivity index (χ4v) is 2.91.